The Morgan fingerprint density at radius 3 is 2.64 bits per heavy atom. The molecule has 0 aliphatic carbocycles. The standard InChI is InChI=1S/C18H23F2N3O2/c1-21(2)17(24)11-23-14-5-4-13(18(23)25)9-22(10-14)8-12-3-6-15(19)16(20)7-12/h3,6-7,13-14H,4-5,8-11H2,1-2H3/t13-,14+/m1/s1. The molecule has 1 aromatic rings. The monoisotopic (exact) mass is 351 g/mol. The number of benzene rings is 1. The fourth-order valence-corrected chi connectivity index (χ4v) is 3.65. The minimum absolute atomic E-state index is 0.0135. The number of likely N-dealkylation sites (N-methyl/N-ethyl adjacent to an activating group) is 1. The number of amides is 2. The van der Waals surface area contributed by atoms with E-state index in [2.05, 4.69) is 4.90 Å². The number of hydrogen-bond acceptors (Lipinski definition) is 3. The van der Waals surface area contributed by atoms with Crippen LogP contribution in [-0.2, 0) is 16.1 Å². The summed E-state index contributed by atoms with van der Waals surface area (Å²) in [7, 11) is 3.36. The Labute approximate surface area is 146 Å². The van der Waals surface area contributed by atoms with Gasteiger partial charge >= 0.3 is 0 Å². The lowest BCUT2D eigenvalue weighted by Crippen LogP contribution is -2.51. The van der Waals surface area contributed by atoms with Crippen molar-refractivity contribution in [3.8, 4) is 0 Å². The zero-order valence-corrected chi connectivity index (χ0v) is 14.5. The fourth-order valence-electron chi connectivity index (χ4n) is 3.65. The maximum absolute atomic E-state index is 13.4. The molecular formula is C18H23F2N3O2. The molecule has 7 heteroatoms. The Morgan fingerprint density at radius 1 is 1.20 bits per heavy atom. The third-order valence-corrected chi connectivity index (χ3v) is 5.06. The predicted molar refractivity (Wildman–Crippen MR) is 88.6 cm³/mol. The number of halogens is 2. The maximum Gasteiger partial charge on any atom is 0.241 e. The van der Waals surface area contributed by atoms with Crippen LogP contribution in [0.1, 0.15) is 18.4 Å². The van der Waals surface area contributed by atoms with E-state index in [-0.39, 0.29) is 30.3 Å². The van der Waals surface area contributed by atoms with Crippen LogP contribution in [0.2, 0.25) is 0 Å². The van der Waals surface area contributed by atoms with Gasteiger partial charge in [0.05, 0.1) is 5.92 Å². The Morgan fingerprint density at radius 2 is 1.96 bits per heavy atom. The Bertz CT molecular complexity index is 680. The van der Waals surface area contributed by atoms with Crippen LogP contribution in [-0.4, -0.2) is 66.3 Å². The second-order valence-electron chi connectivity index (χ2n) is 7.12. The van der Waals surface area contributed by atoms with Crippen LogP contribution in [0.25, 0.3) is 0 Å². The van der Waals surface area contributed by atoms with E-state index in [4.69, 9.17) is 0 Å². The highest BCUT2D eigenvalue weighted by Crippen LogP contribution is 2.30. The van der Waals surface area contributed by atoms with Crippen LogP contribution in [0, 0.1) is 17.6 Å². The number of piperidine rings is 1. The summed E-state index contributed by atoms with van der Waals surface area (Å²) in [4.78, 5) is 30.0. The predicted octanol–water partition coefficient (Wildman–Crippen LogP) is 1.48. The zero-order chi connectivity index (χ0) is 18.1. The Hall–Kier alpha value is -2.02. The first kappa shape index (κ1) is 17.8. The summed E-state index contributed by atoms with van der Waals surface area (Å²) in [5.41, 5.74) is 0.684. The number of carbonyl (C=O) groups excluding carboxylic acids is 2. The van der Waals surface area contributed by atoms with Crippen molar-refractivity contribution in [3.05, 3.63) is 35.4 Å². The summed E-state index contributed by atoms with van der Waals surface area (Å²) in [6.45, 7) is 1.79. The van der Waals surface area contributed by atoms with Crippen LogP contribution in [0.5, 0.6) is 0 Å². The highest BCUT2D eigenvalue weighted by atomic mass is 19.2. The molecule has 0 aromatic heterocycles. The SMILES string of the molecule is CN(C)C(=O)CN1C(=O)[C@@H]2CC[C@H]1CN(Cc1ccc(F)c(F)c1)C2. The van der Waals surface area contributed by atoms with Crippen LogP contribution < -0.4 is 0 Å². The largest absolute Gasteiger partial charge is 0.347 e. The zero-order valence-electron chi connectivity index (χ0n) is 14.5. The van der Waals surface area contributed by atoms with Crippen LogP contribution in [0.3, 0.4) is 0 Å². The summed E-state index contributed by atoms with van der Waals surface area (Å²) in [5.74, 6) is -1.92. The average Bonchev–Trinajstić information content (AvgIpc) is 2.82. The summed E-state index contributed by atoms with van der Waals surface area (Å²) < 4.78 is 26.5. The summed E-state index contributed by atoms with van der Waals surface area (Å²) in [6.07, 6.45) is 1.68. The van der Waals surface area contributed by atoms with Crippen molar-refractivity contribution in [1.82, 2.24) is 14.7 Å². The molecule has 0 saturated carbocycles. The second kappa shape index (κ2) is 7.07. The molecule has 4 rings (SSSR count). The van der Waals surface area contributed by atoms with Crippen molar-refractivity contribution in [2.75, 3.05) is 33.7 Å². The molecular weight excluding hydrogens is 328 g/mol. The molecule has 2 bridgehead atoms. The van der Waals surface area contributed by atoms with Crippen molar-refractivity contribution < 1.29 is 18.4 Å². The third-order valence-electron chi connectivity index (χ3n) is 5.06. The quantitative estimate of drug-likeness (QED) is 0.825. The van der Waals surface area contributed by atoms with Gasteiger partial charge in [-0.15, -0.1) is 0 Å². The highest BCUT2D eigenvalue weighted by molar-refractivity contribution is 5.86. The number of carbonyl (C=O) groups is 2. The van der Waals surface area contributed by atoms with Gasteiger partial charge in [-0.1, -0.05) is 6.07 Å². The molecule has 5 nitrogen and oxygen atoms in total. The van der Waals surface area contributed by atoms with Crippen LogP contribution in [0.4, 0.5) is 8.78 Å². The molecule has 0 N–H and O–H groups in total. The average molecular weight is 351 g/mol. The van der Waals surface area contributed by atoms with E-state index >= 15 is 0 Å². The topological polar surface area (TPSA) is 43.9 Å². The number of hydrogen-bond donors (Lipinski definition) is 0. The molecule has 0 radical (unpaired) electrons. The van der Waals surface area contributed by atoms with Gasteiger partial charge in [0.2, 0.25) is 11.8 Å². The summed E-state index contributed by atoms with van der Waals surface area (Å²) in [6, 6.07) is 3.89. The molecule has 3 aliphatic rings. The van der Waals surface area contributed by atoms with Crippen LogP contribution >= 0.6 is 0 Å². The van der Waals surface area contributed by atoms with Crippen molar-refractivity contribution in [2.24, 2.45) is 5.92 Å². The molecule has 0 spiro atoms. The first-order chi connectivity index (χ1) is 11.8. The first-order valence-electron chi connectivity index (χ1n) is 8.52. The molecule has 25 heavy (non-hydrogen) atoms. The summed E-state index contributed by atoms with van der Waals surface area (Å²) in [5, 5.41) is 0. The van der Waals surface area contributed by atoms with Gasteiger partial charge in [-0.3, -0.25) is 14.5 Å². The molecule has 2 amide bonds. The molecule has 3 fully saturated rings. The summed E-state index contributed by atoms with van der Waals surface area (Å²) >= 11 is 0. The number of rotatable bonds is 4. The smallest absolute Gasteiger partial charge is 0.241 e. The van der Waals surface area contributed by atoms with E-state index in [1.807, 2.05) is 0 Å². The van der Waals surface area contributed by atoms with E-state index in [0.717, 1.165) is 18.9 Å². The Balaban J connectivity index is 1.73. The van der Waals surface area contributed by atoms with Crippen molar-refractivity contribution in [3.63, 3.8) is 0 Å². The Kier molecular flexibility index (Phi) is 5.03. The first-order valence-corrected chi connectivity index (χ1v) is 8.52. The van der Waals surface area contributed by atoms with Crippen molar-refractivity contribution >= 4 is 11.8 Å². The van der Waals surface area contributed by atoms with Gasteiger partial charge in [0.25, 0.3) is 0 Å². The molecule has 136 valence electrons. The maximum atomic E-state index is 13.4. The van der Waals surface area contributed by atoms with Crippen molar-refractivity contribution in [1.29, 1.82) is 0 Å². The van der Waals surface area contributed by atoms with E-state index in [1.54, 1.807) is 25.1 Å². The lowest BCUT2D eigenvalue weighted by molar-refractivity contribution is -0.145. The van der Waals surface area contributed by atoms with Gasteiger partial charge in [-0.05, 0) is 30.5 Å². The lowest BCUT2D eigenvalue weighted by atomic mass is 9.94. The number of fused-ring (bicyclic) bond motifs is 4. The lowest BCUT2D eigenvalue weighted by Gasteiger charge is -2.36. The normalized spacial score (nSPS) is 23.7. The van der Waals surface area contributed by atoms with Crippen LogP contribution in [0.15, 0.2) is 18.2 Å². The molecule has 3 aliphatic heterocycles. The van der Waals surface area contributed by atoms with Gasteiger partial charge in [-0.25, -0.2) is 8.78 Å². The molecule has 0 unspecified atom stereocenters. The van der Waals surface area contributed by atoms with Crippen molar-refractivity contribution in [2.45, 2.75) is 25.4 Å². The number of nitrogens with zero attached hydrogens (tertiary/aromatic N) is 3. The molecule has 3 heterocycles. The minimum atomic E-state index is -0.858. The van der Waals surface area contributed by atoms with Gasteiger partial charge in [0, 0.05) is 39.8 Å². The van der Waals surface area contributed by atoms with Gasteiger partial charge in [0.15, 0.2) is 11.6 Å². The second-order valence-corrected chi connectivity index (χ2v) is 7.12. The highest BCUT2D eigenvalue weighted by Gasteiger charge is 2.41. The van der Waals surface area contributed by atoms with Gasteiger partial charge < -0.3 is 9.80 Å². The molecule has 1 aromatic carbocycles. The van der Waals surface area contributed by atoms with E-state index < -0.39 is 11.6 Å². The fraction of sp³-hybridized carbons (Fsp3) is 0.556. The van der Waals surface area contributed by atoms with Gasteiger partial charge in [0.1, 0.15) is 6.54 Å². The van der Waals surface area contributed by atoms with E-state index in [9.17, 15) is 18.4 Å². The van der Waals surface area contributed by atoms with Gasteiger partial charge in [-0.2, -0.15) is 0 Å². The minimum Gasteiger partial charge on any atom is -0.347 e. The van der Waals surface area contributed by atoms with E-state index in [0.29, 0.717) is 25.2 Å². The van der Waals surface area contributed by atoms with E-state index in [1.165, 1.54) is 11.0 Å². The third kappa shape index (κ3) is 3.81. The molecule has 3 saturated heterocycles. The molecule has 2 atom stereocenters.